The molecule has 1 unspecified atom stereocenters. The first-order chi connectivity index (χ1) is 13.8. The third-order valence-electron chi connectivity index (χ3n) is 5.10. The first kappa shape index (κ1) is 21.5. The number of carbonyl (C=O) groups is 2. The molecule has 156 valence electrons. The number of sulfonamides is 1. The Morgan fingerprint density at radius 1 is 1.17 bits per heavy atom. The summed E-state index contributed by atoms with van der Waals surface area (Å²) < 4.78 is 31.6. The zero-order chi connectivity index (χ0) is 21.2. The maximum absolute atomic E-state index is 13.1. The van der Waals surface area contributed by atoms with Crippen LogP contribution in [-0.2, 0) is 26.0 Å². The van der Waals surface area contributed by atoms with Crippen LogP contribution in [0.15, 0.2) is 40.6 Å². The third kappa shape index (κ3) is 3.94. The second kappa shape index (κ2) is 8.64. The lowest BCUT2D eigenvalue weighted by atomic mass is 9.99. The molecule has 0 bridgehead atoms. The number of thiophene rings is 1. The van der Waals surface area contributed by atoms with E-state index in [2.05, 4.69) is 0 Å². The van der Waals surface area contributed by atoms with Crippen molar-refractivity contribution in [2.75, 3.05) is 26.7 Å². The Balaban J connectivity index is 1.89. The number of ether oxygens (including phenoxy) is 1. The summed E-state index contributed by atoms with van der Waals surface area (Å²) >= 11 is 1.56. The average molecular weight is 437 g/mol. The molecule has 0 saturated carbocycles. The molecular weight excluding hydrogens is 412 g/mol. The van der Waals surface area contributed by atoms with E-state index in [1.54, 1.807) is 25.2 Å². The minimum absolute atomic E-state index is 0.140. The molecular formula is C20H24N2O5S2. The van der Waals surface area contributed by atoms with Crippen LogP contribution < -0.4 is 0 Å². The minimum atomic E-state index is -3.59. The molecule has 1 amide bonds. The largest absolute Gasteiger partial charge is 0.467 e. The molecule has 1 aromatic heterocycles. The van der Waals surface area contributed by atoms with Crippen LogP contribution in [0, 0.1) is 0 Å². The van der Waals surface area contributed by atoms with Gasteiger partial charge in [-0.1, -0.05) is 13.8 Å². The van der Waals surface area contributed by atoms with Gasteiger partial charge in [0.2, 0.25) is 10.0 Å². The van der Waals surface area contributed by atoms with Crippen molar-refractivity contribution >= 4 is 33.2 Å². The lowest BCUT2D eigenvalue weighted by Gasteiger charge is -2.34. The smallest absolute Gasteiger partial charge is 0.333 e. The van der Waals surface area contributed by atoms with Crippen LogP contribution in [0.5, 0.6) is 0 Å². The van der Waals surface area contributed by atoms with E-state index in [0.717, 1.165) is 10.4 Å². The van der Waals surface area contributed by atoms with E-state index in [1.807, 2.05) is 11.4 Å². The third-order valence-corrected chi connectivity index (χ3v) is 8.16. The Morgan fingerprint density at radius 2 is 1.83 bits per heavy atom. The van der Waals surface area contributed by atoms with Gasteiger partial charge < -0.3 is 9.64 Å². The second-order valence-corrected chi connectivity index (χ2v) is 9.53. The fourth-order valence-electron chi connectivity index (χ4n) is 3.55. The molecule has 2 aromatic rings. The van der Waals surface area contributed by atoms with Crippen molar-refractivity contribution in [1.29, 1.82) is 0 Å². The molecule has 3 rings (SSSR count). The van der Waals surface area contributed by atoms with E-state index >= 15 is 0 Å². The highest BCUT2D eigenvalue weighted by Crippen LogP contribution is 2.35. The Morgan fingerprint density at radius 3 is 2.41 bits per heavy atom. The highest BCUT2D eigenvalue weighted by Gasteiger charge is 2.37. The van der Waals surface area contributed by atoms with E-state index in [-0.39, 0.29) is 10.8 Å². The summed E-state index contributed by atoms with van der Waals surface area (Å²) in [6, 6.07) is 6.93. The number of benzene rings is 1. The SMILES string of the molecule is CCN(CC)S(=O)(=O)c1ccc(C(=O)N2CCc3sccc3C2C(=O)OC)cc1. The molecule has 7 nitrogen and oxygen atoms in total. The maximum atomic E-state index is 13.1. The summed E-state index contributed by atoms with van der Waals surface area (Å²) in [5, 5.41) is 1.90. The van der Waals surface area contributed by atoms with Crippen molar-refractivity contribution in [3.63, 3.8) is 0 Å². The van der Waals surface area contributed by atoms with Crippen molar-refractivity contribution in [2.45, 2.75) is 31.2 Å². The number of carbonyl (C=O) groups excluding carboxylic acids is 2. The van der Waals surface area contributed by atoms with Crippen LogP contribution in [0.2, 0.25) is 0 Å². The van der Waals surface area contributed by atoms with E-state index in [1.165, 1.54) is 40.6 Å². The topological polar surface area (TPSA) is 84.0 Å². The summed E-state index contributed by atoms with van der Waals surface area (Å²) in [5.74, 6) is -0.817. The molecule has 0 spiro atoms. The lowest BCUT2D eigenvalue weighted by molar-refractivity contribution is -0.146. The molecule has 0 N–H and O–H groups in total. The Labute approximate surface area is 174 Å². The van der Waals surface area contributed by atoms with Crippen molar-refractivity contribution in [1.82, 2.24) is 9.21 Å². The number of hydrogen-bond donors (Lipinski definition) is 0. The monoisotopic (exact) mass is 436 g/mol. The second-order valence-electron chi connectivity index (χ2n) is 6.59. The number of amides is 1. The number of rotatable bonds is 6. The molecule has 0 saturated heterocycles. The summed E-state index contributed by atoms with van der Waals surface area (Å²) in [7, 11) is -2.29. The zero-order valence-electron chi connectivity index (χ0n) is 16.6. The summed E-state index contributed by atoms with van der Waals surface area (Å²) in [6.45, 7) is 4.70. The highest BCUT2D eigenvalue weighted by atomic mass is 32.2. The molecule has 0 radical (unpaired) electrons. The quantitative estimate of drug-likeness (QED) is 0.650. The van der Waals surface area contributed by atoms with Crippen LogP contribution in [0.3, 0.4) is 0 Å². The molecule has 0 fully saturated rings. The van der Waals surface area contributed by atoms with E-state index in [9.17, 15) is 18.0 Å². The molecule has 9 heteroatoms. The summed E-state index contributed by atoms with van der Waals surface area (Å²) in [6.07, 6.45) is 0.667. The van der Waals surface area contributed by atoms with Gasteiger partial charge in [-0.2, -0.15) is 4.31 Å². The average Bonchev–Trinajstić information content (AvgIpc) is 3.21. The normalized spacial score (nSPS) is 16.6. The standard InChI is InChI=1S/C20H24N2O5S2/c1-4-21(5-2)29(25,26)15-8-6-14(7-9-15)19(23)22-12-10-17-16(11-13-28-17)18(22)20(24)27-3/h6-9,11,13,18H,4-5,10,12H2,1-3H3. The molecule has 2 heterocycles. The summed E-state index contributed by atoms with van der Waals surface area (Å²) in [5.41, 5.74) is 1.12. The first-order valence-corrected chi connectivity index (χ1v) is 11.7. The lowest BCUT2D eigenvalue weighted by Crippen LogP contribution is -2.43. The van der Waals surface area contributed by atoms with Crippen molar-refractivity contribution in [3.8, 4) is 0 Å². The number of nitrogens with zero attached hydrogens (tertiary/aromatic N) is 2. The van der Waals surface area contributed by atoms with Gasteiger partial charge in [0.05, 0.1) is 12.0 Å². The van der Waals surface area contributed by atoms with Crippen molar-refractivity contribution < 1.29 is 22.7 Å². The minimum Gasteiger partial charge on any atom is -0.467 e. The highest BCUT2D eigenvalue weighted by molar-refractivity contribution is 7.89. The van der Waals surface area contributed by atoms with E-state index < -0.39 is 22.0 Å². The maximum Gasteiger partial charge on any atom is 0.333 e. The van der Waals surface area contributed by atoms with Gasteiger partial charge in [0.25, 0.3) is 5.91 Å². The predicted octanol–water partition coefficient (Wildman–Crippen LogP) is 2.69. The Kier molecular flexibility index (Phi) is 6.40. The zero-order valence-corrected chi connectivity index (χ0v) is 18.3. The fraction of sp³-hybridized carbons (Fsp3) is 0.400. The van der Waals surface area contributed by atoms with Gasteiger partial charge in [-0.3, -0.25) is 4.79 Å². The van der Waals surface area contributed by atoms with Crippen LogP contribution in [0.25, 0.3) is 0 Å². The van der Waals surface area contributed by atoms with Crippen LogP contribution >= 0.6 is 11.3 Å². The van der Waals surface area contributed by atoms with E-state index in [0.29, 0.717) is 31.6 Å². The van der Waals surface area contributed by atoms with Crippen LogP contribution in [0.1, 0.15) is 40.7 Å². The van der Waals surface area contributed by atoms with Gasteiger partial charge in [0, 0.05) is 30.1 Å². The van der Waals surface area contributed by atoms with Crippen LogP contribution in [0.4, 0.5) is 0 Å². The van der Waals surface area contributed by atoms with Gasteiger partial charge in [0.15, 0.2) is 6.04 Å². The number of methoxy groups -OCH3 is 1. The van der Waals surface area contributed by atoms with Gasteiger partial charge in [-0.15, -0.1) is 11.3 Å². The van der Waals surface area contributed by atoms with Crippen molar-refractivity contribution in [3.05, 3.63) is 51.7 Å². The fourth-order valence-corrected chi connectivity index (χ4v) is 5.91. The van der Waals surface area contributed by atoms with E-state index in [4.69, 9.17) is 4.74 Å². The number of fused-ring (bicyclic) bond motifs is 1. The number of hydrogen-bond acceptors (Lipinski definition) is 6. The first-order valence-electron chi connectivity index (χ1n) is 9.40. The predicted molar refractivity (Wildman–Crippen MR) is 110 cm³/mol. The van der Waals surface area contributed by atoms with Gasteiger partial charge in [-0.25, -0.2) is 13.2 Å². The molecule has 0 aliphatic carbocycles. The Hall–Kier alpha value is -2.23. The molecule has 29 heavy (non-hydrogen) atoms. The van der Waals surface area contributed by atoms with Gasteiger partial charge in [-0.05, 0) is 47.7 Å². The van der Waals surface area contributed by atoms with Crippen molar-refractivity contribution in [2.24, 2.45) is 0 Å². The molecule has 1 aromatic carbocycles. The van der Waals surface area contributed by atoms with Gasteiger partial charge >= 0.3 is 5.97 Å². The van der Waals surface area contributed by atoms with Crippen LogP contribution in [-0.4, -0.2) is 56.2 Å². The number of esters is 1. The van der Waals surface area contributed by atoms with Gasteiger partial charge in [0.1, 0.15) is 0 Å². The Bertz CT molecular complexity index is 994. The molecule has 1 aliphatic rings. The molecule has 1 atom stereocenters. The molecule has 1 aliphatic heterocycles. The summed E-state index contributed by atoms with van der Waals surface area (Å²) in [4.78, 5) is 28.2.